The number of hydrogen-bond donors (Lipinski definition) is 1. The third-order valence-electron chi connectivity index (χ3n) is 4.97. The van der Waals surface area contributed by atoms with Crippen molar-refractivity contribution in [3.05, 3.63) is 29.9 Å². The van der Waals surface area contributed by atoms with E-state index in [0.717, 1.165) is 24.1 Å². The Morgan fingerprint density at radius 2 is 1.40 bits per heavy atom. The summed E-state index contributed by atoms with van der Waals surface area (Å²) in [6.07, 6.45) is 13.4. The molecule has 1 heterocycles. The van der Waals surface area contributed by atoms with Crippen LogP contribution in [0.5, 0.6) is 0 Å². The van der Waals surface area contributed by atoms with Crippen LogP contribution in [-0.4, -0.2) is 15.7 Å². The third kappa shape index (κ3) is 6.03. The monoisotopic (exact) mass is 345 g/mol. The van der Waals surface area contributed by atoms with E-state index in [4.69, 9.17) is 10.1 Å². The van der Waals surface area contributed by atoms with Crippen LogP contribution in [0.25, 0.3) is 11.0 Å². The quantitative estimate of drug-likeness (QED) is 0.488. The van der Waals surface area contributed by atoms with Gasteiger partial charge >= 0.3 is 0 Å². The molecule has 0 atom stereocenters. The minimum atomic E-state index is 0.470. The molecular weight excluding hydrogens is 310 g/mol. The first-order chi connectivity index (χ1) is 12.3. The molecular formula is C21H35N3O. The largest absolute Gasteiger partial charge is 0.361 e. The van der Waals surface area contributed by atoms with Crippen LogP contribution >= 0.6 is 0 Å². The van der Waals surface area contributed by atoms with E-state index in [1.807, 2.05) is 34.4 Å². The molecule has 0 unspecified atom stereocenters. The molecule has 4 nitrogen and oxygen atoms in total. The number of imidazole rings is 1. The lowest BCUT2D eigenvalue weighted by molar-refractivity contribution is 0.0730. The van der Waals surface area contributed by atoms with Gasteiger partial charge in [0, 0.05) is 13.7 Å². The van der Waals surface area contributed by atoms with Crippen LogP contribution in [0.4, 0.5) is 0 Å². The number of benzene rings is 1. The molecule has 0 fully saturated rings. The number of hydrogen-bond acceptors (Lipinski definition) is 2. The normalized spacial score (nSPS) is 11.4. The average Bonchev–Trinajstić information content (AvgIpc) is 2.87. The molecule has 0 spiro atoms. The Hall–Kier alpha value is -1.55. The minimum Gasteiger partial charge on any atom is -0.361 e. The first kappa shape index (κ1) is 19.8. The fraction of sp³-hybridized carbons (Fsp3) is 0.667. The van der Waals surface area contributed by atoms with Crippen molar-refractivity contribution < 1.29 is 4.74 Å². The molecule has 25 heavy (non-hydrogen) atoms. The van der Waals surface area contributed by atoms with E-state index in [-0.39, 0.29) is 0 Å². The number of nitrogens with one attached hydrogen (secondary N) is 1. The van der Waals surface area contributed by atoms with Gasteiger partial charge in [-0.15, -0.1) is 0 Å². The van der Waals surface area contributed by atoms with Crippen molar-refractivity contribution in [3.8, 4) is 0 Å². The van der Waals surface area contributed by atoms with Crippen molar-refractivity contribution in [2.75, 3.05) is 6.61 Å². The number of rotatable bonds is 13. The summed E-state index contributed by atoms with van der Waals surface area (Å²) < 4.78 is 9.66. The zero-order valence-corrected chi connectivity index (χ0v) is 16.1. The molecule has 0 saturated heterocycles. The molecule has 0 aliphatic carbocycles. The van der Waals surface area contributed by atoms with E-state index in [0.29, 0.717) is 12.3 Å². The molecule has 0 aliphatic rings. The Kier molecular flexibility index (Phi) is 8.81. The Morgan fingerprint density at radius 3 is 2.04 bits per heavy atom. The van der Waals surface area contributed by atoms with E-state index >= 15 is 0 Å². The van der Waals surface area contributed by atoms with Crippen molar-refractivity contribution in [1.82, 2.24) is 9.13 Å². The lowest BCUT2D eigenvalue weighted by Gasteiger charge is -2.06. The molecule has 2 rings (SSSR count). The van der Waals surface area contributed by atoms with Gasteiger partial charge in [-0.2, -0.15) is 0 Å². The molecule has 0 aliphatic heterocycles. The van der Waals surface area contributed by atoms with Crippen LogP contribution in [0, 0.1) is 5.41 Å². The van der Waals surface area contributed by atoms with Crippen LogP contribution in [-0.2, 0) is 18.5 Å². The van der Waals surface area contributed by atoms with Gasteiger partial charge in [-0.05, 0) is 18.6 Å². The number of aromatic nitrogens is 2. The van der Waals surface area contributed by atoms with Gasteiger partial charge in [0.2, 0.25) is 5.62 Å². The first-order valence-corrected chi connectivity index (χ1v) is 10.0. The lowest BCUT2D eigenvalue weighted by atomic mass is 10.1. The molecule has 0 amide bonds. The van der Waals surface area contributed by atoms with Crippen LogP contribution in [0.2, 0.25) is 0 Å². The molecule has 2 aromatic rings. The Bertz CT molecular complexity index is 671. The van der Waals surface area contributed by atoms with Gasteiger partial charge < -0.3 is 9.30 Å². The van der Waals surface area contributed by atoms with Crippen molar-refractivity contribution >= 4 is 11.0 Å². The van der Waals surface area contributed by atoms with Gasteiger partial charge in [-0.1, -0.05) is 76.8 Å². The lowest BCUT2D eigenvalue weighted by Crippen LogP contribution is -2.23. The van der Waals surface area contributed by atoms with E-state index < -0.39 is 0 Å². The second kappa shape index (κ2) is 11.1. The Balaban J connectivity index is 1.57. The van der Waals surface area contributed by atoms with Gasteiger partial charge in [0.15, 0.2) is 0 Å². The summed E-state index contributed by atoms with van der Waals surface area (Å²) in [4.78, 5) is 0. The predicted molar refractivity (Wildman–Crippen MR) is 105 cm³/mol. The second-order valence-electron chi connectivity index (χ2n) is 7.02. The van der Waals surface area contributed by atoms with Crippen molar-refractivity contribution in [1.29, 1.82) is 5.41 Å². The van der Waals surface area contributed by atoms with Crippen LogP contribution in [0.3, 0.4) is 0 Å². The number of fused-ring (bicyclic) bond motifs is 1. The van der Waals surface area contributed by atoms with Gasteiger partial charge in [-0.3, -0.25) is 9.98 Å². The molecule has 0 bridgehead atoms. The van der Waals surface area contributed by atoms with Crippen LogP contribution in [0.15, 0.2) is 24.3 Å². The highest BCUT2D eigenvalue weighted by Crippen LogP contribution is 2.12. The van der Waals surface area contributed by atoms with Gasteiger partial charge in [-0.25, -0.2) is 0 Å². The molecule has 1 N–H and O–H groups in total. The summed E-state index contributed by atoms with van der Waals surface area (Å²) in [5, 5.41) is 8.22. The minimum absolute atomic E-state index is 0.470. The highest BCUT2D eigenvalue weighted by atomic mass is 16.5. The molecule has 1 aromatic carbocycles. The first-order valence-electron chi connectivity index (χ1n) is 10.0. The summed E-state index contributed by atoms with van der Waals surface area (Å²) in [7, 11) is 1.93. The molecule has 4 heteroatoms. The van der Waals surface area contributed by atoms with Crippen LogP contribution in [0.1, 0.15) is 71.1 Å². The SMILES string of the molecule is CCCCCCCCCCCCOCn1c(=N)n(C)c2ccccc21. The molecule has 0 radical (unpaired) electrons. The Morgan fingerprint density at radius 1 is 0.840 bits per heavy atom. The second-order valence-corrected chi connectivity index (χ2v) is 7.02. The van der Waals surface area contributed by atoms with Gasteiger partial charge in [0.1, 0.15) is 6.73 Å². The van der Waals surface area contributed by atoms with Crippen molar-refractivity contribution in [2.24, 2.45) is 7.05 Å². The molecule has 1 aromatic heterocycles. The highest BCUT2D eigenvalue weighted by molar-refractivity contribution is 5.75. The summed E-state index contributed by atoms with van der Waals surface area (Å²) in [6.45, 7) is 3.52. The maximum absolute atomic E-state index is 8.22. The van der Waals surface area contributed by atoms with Crippen molar-refractivity contribution in [3.63, 3.8) is 0 Å². The number of para-hydroxylation sites is 2. The third-order valence-corrected chi connectivity index (χ3v) is 4.97. The Labute approximate surface area is 152 Å². The highest BCUT2D eigenvalue weighted by Gasteiger charge is 2.06. The van der Waals surface area contributed by atoms with Gasteiger partial charge in [0.25, 0.3) is 0 Å². The van der Waals surface area contributed by atoms with Crippen molar-refractivity contribution in [2.45, 2.75) is 77.9 Å². The number of ether oxygens (including phenoxy) is 1. The van der Waals surface area contributed by atoms with E-state index in [1.54, 1.807) is 0 Å². The average molecular weight is 346 g/mol. The smallest absolute Gasteiger partial charge is 0.204 e. The fourth-order valence-corrected chi connectivity index (χ4v) is 3.36. The maximum atomic E-state index is 8.22. The van der Waals surface area contributed by atoms with E-state index in [2.05, 4.69) is 13.0 Å². The summed E-state index contributed by atoms with van der Waals surface area (Å²) in [6, 6.07) is 8.13. The van der Waals surface area contributed by atoms with Gasteiger partial charge in [0.05, 0.1) is 11.0 Å². The molecule has 0 saturated carbocycles. The maximum Gasteiger partial charge on any atom is 0.204 e. The molecule has 140 valence electrons. The summed E-state index contributed by atoms with van der Waals surface area (Å²) >= 11 is 0. The fourth-order valence-electron chi connectivity index (χ4n) is 3.36. The zero-order chi connectivity index (χ0) is 17.9. The topological polar surface area (TPSA) is 42.9 Å². The summed E-state index contributed by atoms with van der Waals surface area (Å²) in [5.74, 6) is 0. The number of nitrogens with zero attached hydrogens (tertiary/aromatic N) is 2. The summed E-state index contributed by atoms with van der Waals surface area (Å²) in [5.41, 5.74) is 2.64. The van der Waals surface area contributed by atoms with E-state index in [9.17, 15) is 0 Å². The number of unbranched alkanes of at least 4 members (excludes halogenated alkanes) is 9. The predicted octanol–water partition coefficient (Wildman–Crippen LogP) is 5.35. The number of aryl methyl sites for hydroxylation is 1. The van der Waals surface area contributed by atoms with E-state index in [1.165, 1.54) is 57.8 Å². The standard InChI is InChI=1S/C21H35N3O/c1-3-4-5-6-7-8-9-10-11-14-17-25-18-24-20-16-13-12-15-19(20)23(2)21(24)22/h12-13,15-16,22H,3-11,14,17-18H2,1-2H3. The zero-order valence-electron chi connectivity index (χ0n) is 16.1. The van der Waals surface area contributed by atoms with Crippen LogP contribution < -0.4 is 5.62 Å².